The van der Waals surface area contributed by atoms with E-state index in [1.54, 1.807) is 42.6 Å². The van der Waals surface area contributed by atoms with Gasteiger partial charge in [0.25, 0.3) is 5.91 Å². The Labute approximate surface area is 176 Å². The summed E-state index contributed by atoms with van der Waals surface area (Å²) in [6.07, 6.45) is 3.45. The molecule has 0 spiro atoms. The van der Waals surface area contributed by atoms with Crippen LogP contribution in [0.15, 0.2) is 60.9 Å². The molecular weight excluding hydrogens is 402 g/mol. The molecular formula is C22H17N3O4S. The molecule has 0 aliphatic carbocycles. The summed E-state index contributed by atoms with van der Waals surface area (Å²) in [5.41, 5.74) is 2.22. The van der Waals surface area contributed by atoms with Crippen molar-refractivity contribution in [1.29, 1.82) is 0 Å². The molecule has 1 aliphatic heterocycles. The first-order valence-electron chi connectivity index (χ1n) is 9.26. The predicted molar refractivity (Wildman–Crippen MR) is 113 cm³/mol. The third-order valence-corrected chi connectivity index (χ3v) is 5.78. The van der Waals surface area contributed by atoms with Gasteiger partial charge in [-0.1, -0.05) is 17.4 Å². The summed E-state index contributed by atoms with van der Waals surface area (Å²) in [5.74, 6) is 1.77. The normalized spacial score (nSPS) is 12.2. The summed E-state index contributed by atoms with van der Waals surface area (Å²) in [4.78, 5) is 24.0. The smallest absolute Gasteiger partial charge is 0.260 e. The highest BCUT2D eigenvalue weighted by molar-refractivity contribution is 7.22. The lowest BCUT2D eigenvalue weighted by molar-refractivity contribution is 0.0984. The molecule has 5 rings (SSSR count). The van der Waals surface area contributed by atoms with Crippen LogP contribution in [-0.4, -0.2) is 29.8 Å². The van der Waals surface area contributed by atoms with E-state index in [0.717, 1.165) is 21.5 Å². The van der Waals surface area contributed by atoms with E-state index in [-0.39, 0.29) is 12.7 Å². The van der Waals surface area contributed by atoms with Crippen molar-refractivity contribution in [2.24, 2.45) is 0 Å². The molecule has 4 aromatic rings. The monoisotopic (exact) mass is 419 g/mol. The standard InChI is InChI=1S/C22H17N3O4S/c1-27-16-5-6-17-20(10-16)30-22(24-17)25(12-14-3-2-8-23-11-14)21(26)15-4-7-18-19(9-15)29-13-28-18/h2-11H,12-13H2,1H3. The molecule has 1 aliphatic rings. The molecule has 1 amide bonds. The summed E-state index contributed by atoms with van der Waals surface area (Å²) in [6, 6.07) is 14.6. The van der Waals surface area contributed by atoms with Crippen molar-refractivity contribution in [2.75, 3.05) is 18.8 Å². The van der Waals surface area contributed by atoms with Crippen molar-refractivity contribution < 1.29 is 19.0 Å². The lowest BCUT2D eigenvalue weighted by Crippen LogP contribution is -2.30. The number of nitrogens with zero attached hydrogens (tertiary/aromatic N) is 3. The van der Waals surface area contributed by atoms with Crippen LogP contribution in [0.4, 0.5) is 5.13 Å². The Morgan fingerprint density at radius 3 is 2.90 bits per heavy atom. The number of thiazole rings is 1. The molecule has 0 saturated carbocycles. The van der Waals surface area contributed by atoms with Gasteiger partial charge < -0.3 is 14.2 Å². The fourth-order valence-corrected chi connectivity index (χ4v) is 4.21. The zero-order valence-corrected chi connectivity index (χ0v) is 16.9. The largest absolute Gasteiger partial charge is 0.497 e. The second-order valence-corrected chi connectivity index (χ2v) is 7.66. The van der Waals surface area contributed by atoms with E-state index < -0.39 is 0 Å². The Bertz CT molecular complexity index is 1230. The van der Waals surface area contributed by atoms with Crippen LogP contribution < -0.4 is 19.1 Å². The van der Waals surface area contributed by atoms with Crippen LogP contribution >= 0.6 is 11.3 Å². The van der Waals surface area contributed by atoms with Crippen molar-refractivity contribution in [3.05, 3.63) is 72.1 Å². The molecule has 2 aromatic carbocycles. The van der Waals surface area contributed by atoms with Crippen molar-refractivity contribution in [3.8, 4) is 17.2 Å². The number of hydrogen-bond donors (Lipinski definition) is 0. The molecule has 0 saturated heterocycles. The maximum absolute atomic E-state index is 13.5. The zero-order valence-electron chi connectivity index (χ0n) is 16.1. The minimum Gasteiger partial charge on any atom is -0.497 e. The number of methoxy groups -OCH3 is 1. The number of ether oxygens (including phenoxy) is 3. The number of aromatic nitrogens is 2. The number of carbonyl (C=O) groups excluding carboxylic acids is 1. The first kappa shape index (κ1) is 18.4. The van der Waals surface area contributed by atoms with Crippen LogP contribution in [0.2, 0.25) is 0 Å². The van der Waals surface area contributed by atoms with Crippen molar-refractivity contribution in [3.63, 3.8) is 0 Å². The van der Waals surface area contributed by atoms with Crippen LogP contribution in [0.25, 0.3) is 10.2 Å². The molecule has 0 atom stereocenters. The van der Waals surface area contributed by atoms with Gasteiger partial charge in [-0.3, -0.25) is 14.7 Å². The highest BCUT2D eigenvalue weighted by atomic mass is 32.1. The minimum absolute atomic E-state index is 0.159. The highest BCUT2D eigenvalue weighted by Crippen LogP contribution is 2.35. The van der Waals surface area contributed by atoms with Gasteiger partial charge in [-0.05, 0) is 48.0 Å². The molecule has 0 unspecified atom stereocenters. The number of anilines is 1. The summed E-state index contributed by atoms with van der Waals surface area (Å²) >= 11 is 1.44. The number of hydrogen-bond acceptors (Lipinski definition) is 7. The predicted octanol–water partition coefficient (Wildman–Crippen LogP) is 4.28. The molecule has 30 heavy (non-hydrogen) atoms. The van der Waals surface area contributed by atoms with Gasteiger partial charge in [-0.25, -0.2) is 4.98 Å². The molecule has 8 heteroatoms. The summed E-state index contributed by atoms with van der Waals surface area (Å²) < 4.78 is 17.0. The maximum Gasteiger partial charge on any atom is 0.260 e. The van der Waals surface area contributed by atoms with Gasteiger partial charge in [-0.15, -0.1) is 0 Å². The van der Waals surface area contributed by atoms with Crippen molar-refractivity contribution in [2.45, 2.75) is 6.54 Å². The Morgan fingerprint density at radius 1 is 1.17 bits per heavy atom. The lowest BCUT2D eigenvalue weighted by atomic mass is 10.1. The Kier molecular flexibility index (Phi) is 4.68. The third-order valence-electron chi connectivity index (χ3n) is 4.74. The lowest BCUT2D eigenvalue weighted by Gasteiger charge is -2.20. The van der Waals surface area contributed by atoms with E-state index in [4.69, 9.17) is 19.2 Å². The number of rotatable bonds is 5. The summed E-state index contributed by atoms with van der Waals surface area (Å²) in [6.45, 7) is 0.504. The topological polar surface area (TPSA) is 73.8 Å². The SMILES string of the molecule is COc1ccc2nc(N(Cc3cccnc3)C(=O)c3ccc4c(c3)OCO4)sc2c1. The second-order valence-electron chi connectivity index (χ2n) is 6.65. The van der Waals surface area contributed by atoms with Gasteiger partial charge in [0.05, 0.1) is 23.9 Å². The molecule has 3 heterocycles. The third kappa shape index (κ3) is 3.42. The average Bonchev–Trinajstić information content (AvgIpc) is 3.43. The number of amides is 1. The molecule has 0 fully saturated rings. The fourth-order valence-electron chi connectivity index (χ4n) is 3.22. The van der Waals surface area contributed by atoms with Gasteiger partial charge in [0, 0.05) is 18.0 Å². The van der Waals surface area contributed by atoms with E-state index in [0.29, 0.717) is 28.7 Å². The van der Waals surface area contributed by atoms with E-state index in [1.165, 1.54) is 11.3 Å². The Morgan fingerprint density at radius 2 is 2.07 bits per heavy atom. The van der Waals surface area contributed by atoms with Gasteiger partial charge >= 0.3 is 0 Å². The second kappa shape index (κ2) is 7.64. The van der Waals surface area contributed by atoms with Gasteiger partial charge in [0.15, 0.2) is 16.6 Å². The zero-order chi connectivity index (χ0) is 20.5. The quantitative estimate of drug-likeness (QED) is 0.481. The van der Waals surface area contributed by atoms with E-state index >= 15 is 0 Å². The van der Waals surface area contributed by atoms with Crippen LogP contribution in [0.1, 0.15) is 15.9 Å². The van der Waals surface area contributed by atoms with Crippen LogP contribution in [0, 0.1) is 0 Å². The number of benzene rings is 2. The van der Waals surface area contributed by atoms with Crippen LogP contribution in [0.5, 0.6) is 17.2 Å². The molecule has 150 valence electrons. The van der Waals surface area contributed by atoms with Crippen LogP contribution in [0.3, 0.4) is 0 Å². The van der Waals surface area contributed by atoms with E-state index in [1.807, 2.05) is 30.3 Å². The first-order valence-corrected chi connectivity index (χ1v) is 10.1. The van der Waals surface area contributed by atoms with Gasteiger partial charge in [0.1, 0.15) is 5.75 Å². The molecule has 0 radical (unpaired) electrons. The van der Waals surface area contributed by atoms with E-state index in [9.17, 15) is 4.79 Å². The highest BCUT2D eigenvalue weighted by Gasteiger charge is 2.24. The fraction of sp³-hybridized carbons (Fsp3) is 0.136. The minimum atomic E-state index is -0.178. The summed E-state index contributed by atoms with van der Waals surface area (Å²) in [5, 5.41) is 0.602. The van der Waals surface area contributed by atoms with Gasteiger partial charge in [-0.2, -0.15) is 0 Å². The molecule has 0 bridgehead atoms. The van der Waals surface area contributed by atoms with E-state index in [2.05, 4.69) is 4.98 Å². The van der Waals surface area contributed by atoms with Crippen molar-refractivity contribution in [1.82, 2.24) is 9.97 Å². The number of fused-ring (bicyclic) bond motifs is 2. The number of carbonyl (C=O) groups is 1. The average molecular weight is 419 g/mol. The Hall–Kier alpha value is -3.65. The number of pyridine rings is 1. The first-order chi connectivity index (χ1) is 14.7. The van der Waals surface area contributed by atoms with Gasteiger partial charge in [0.2, 0.25) is 6.79 Å². The molecule has 7 nitrogen and oxygen atoms in total. The Balaban J connectivity index is 1.55. The molecule has 0 N–H and O–H groups in total. The maximum atomic E-state index is 13.5. The van der Waals surface area contributed by atoms with Crippen molar-refractivity contribution >= 4 is 32.6 Å². The summed E-state index contributed by atoms with van der Waals surface area (Å²) in [7, 11) is 1.63. The van der Waals surface area contributed by atoms with Crippen LogP contribution in [-0.2, 0) is 6.54 Å². The molecule has 2 aromatic heterocycles.